The van der Waals surface area contributed by atoms with E-state index in [1.54, 1.807) is 11.8 Å². The first kappa shape index (κ1) is 14.3. The minimum absolute atomic E-state index is 0.367. The Morgan fingerprint density at radius 1 is 1.42 bits per heavy atom. The molecule has 19 heavy (non-hydrogen) atoms. The van der Waals surface area contributed by atoms with Crippen LogP contribution in [-0.2, 0) is 0 Å². The zero-order valence-electron chi connectivity index (χ0n) is 11.0. The van der Waals surface area contributed by atoms with Gasteiger partial charge in [-0.05, 0) is 24.7 Å². The first-order chi connectivity index (χ1) is 9.15. The number of thioether (sulfide) groups is 1. The van der Waals surface area contributed by atoms with Crippen LogP contribution in [0.5, 0.6) is 0 Å². The van der Waals surface area contributed by atoms with E-state index in [-0.39, 0.29) is 0 Å². The molecule has 0 saturated carbocycles. The van der Waals surface area contributed by atoms with Crippen LogP contribution in [0.25, 0.3) is 10.2 Å². The molecule has 4 nitrogen and oxygen atoms in total. The normalized spacial score (nSPS) is 11.1. The Bertz CT molecular complexity index is 596. The number of carboxylic acids is 1. The maximum absolute atomic E-state index is 11.2. The molecular weight excluding hydrogens is 280 g/mol. The van der Waals surface area contributed by atoms with E-state index in [4.69, 9.17) is 5.11 Å². The second-order valence-corrected chi connectivity index (χ2v) is 6.36. The lowest BCUT2D eigenvalue weighted by Crippen LogP contribution is -1.94. The molecule has 0 aliphatic rings. The third-order valence-electron chi connectivity index (χ3n) is 2.87. The Labute approximate surface area is 120 Å². The van der Waals surface area contributed by atoms with Crippen molar-refractivity contribution in [3.05, 3.63) is 16.8 Å². The van der Waals surface area contributed by atoms with Gasteiger partial charge in [-0.2, -0.15) is 0 Å². The molecule has 0 aliphatic carbocycles. The van der Waals surface area contributed by atoms with Crippen molar-refractivity contribution in [2.24, 2.45) is 0 Å². The molecule has 0 radical (unpaired) electrons. The SMILES string of the molecule is CCCCCSc1ncnc2sc(C(=O)O)c(C)c12. The number of rotatable bonds is 6. The third kappa shape index (κ3) is 3.06. The van der Waals surface area contributed by atoms with Crippen molar-refractivity contribution in [1.82, 2.24) is 9.97 Å². The van der Waals surface area contributed by atoms with Gasteiger partial charge in [0.2, 0.25) is 0 Å². The van der Waals surface area contributed by atoms with Gasteiger partial charge in [0.25, 0.3) is 0 Å². The monoisotopic (exact) mass is 296 g/mol. The van der Waals surface area contributed by atoms with Crippen LogP contribution in [0, 0.1) is 6.92 Å². The maximum Gasteiger partial charge on any atom is 0.346 e. The molecular formula is C13H16N2O2S2. The summed E-state index contributed by atoms with van der Waals surface area (Å²) in [6, 6.07) is 0. The summed E-state index contributed by atoms with van der Waals surface area (Å²) in [7, 11) is 0. The van der Waals surface area contributed by atoms with Crippen LogP contribution >= 0.6 is 23.1 Å². The standard InChI is InChI=1S/C13H16N2O2S2/c1-3-4-5-6-18-11-9-8(2)10(13(16)17)19-12(9)15-7-14-11/h7H,3-6H2,1-2H3,(H,16,17). The Morgan fingerprint density at radius 2 is 2.21 bits per heavy atom. The van der Waals surface area contributed by atoms with Crippen molar-refractivity contribution < 1.29 is 9.90 Å². The molecule has 0 saturated heterocycles. The third-order valence-corrected chi connectivity index (χ3v) is 5.14. The second-order valence-electron chi connectivity index (χ2n) is 4.28. The number of hydrogen-bond donors (Lipinski definition) is 1. The number of carboxylic acid groups (broad SMARTS) is 1. The molecule has 0 aliphatic heterocycles. The van der Waals surface area contributed by atoms with Crippen LogP contribution in [0.2, 0.25) is 0 Å². The molecule has 2 rings (SSSR count). The van der Waals surface area contributed by atoms with Gasteiger partial charge in [-0.3, -0.25) is 0 Å². The molecule has 2 aromatic heterocycles. The van der Waals surface area contributed by atoms with Gasteiger partial charge in [0, 0.05) is 5.39 Å². The molecule has 0 aromatic carbocycles. The summed E-state index contributed by atoms with van der Waals surface area (Å²) in [5.41, 5.74) is 0.783. The van der Waals surface area contributed by atoms with Gasteiger partial charge >= 0.3 is 5.97 Å². The van der Waals surface area contributed by atoms with Gasteiger partial charge in [-0.1, -0.05) is 19.8 Å². The van der Waals surface area contributed by atoms with Gasteiger partial charge in [0.05, 0.1) is 0 Å². The predicted octanol–water partition coefficient (Wildman–Crippen LogP) is 3.98. The van der Waals surface area contributed by atoms with Crippen molar-refractivity contribution in [2.45, 2.75) is 38.1 Å². The molecule has 0 spiro atoms. The zero-order valence-corrected chi connectivity index (χ0v) is 12.6. The van der Waals surface area contributed by atoms with Crippen LogP contribution in [0.4, 0.5) is 0 Å². The molecule has 6 heteroatoms. The predicted molar refractivity (Wildman–Crippen MR) is 79.4 cm³/mol. The fourth-order valence-corrected chi connectivity index (χ4v) is 3.98. The van der Waals surface area contributed by atoms with Gasteiger partial charge in [-0.25, -0.2) is 14.8 Å². The summed E-state index contributed by atoms with van der Waals surface area (Å²) in [6.07, 6.45) is 5.08. The second kappa shape index (κ2) is 6.34. The average molecular weight is 296 g/mol. The maximum atomic E-state index is 11.2. The van der Waals surface area contributed by atoms with Gasteiger partial charge in [0.1, 0.15) is 21.1 Å². The highest BCUT2D eigenvalue weighted by Crippen LogP contribution is 2.35. The van der Waals surface area contributed by atoms with E-state index in [9.17, 15) is 4.79 Å². The van der Waals surface area contributed by atoms with Crippen molar-refractivity contribution >= 4 is 39.3 Å². The number of hydrogen-bond acceptors (Lipinski definition) is 5. The molecule has 0 fully saturated rings. The molecule has 0 bridgehead atoms. The Kier molecular flexibility index (Phi) is 4.76. The minimum Gasteiger partial charge on any atom is -0.477 e. The fraction of sp³-hybridized carbons (Fsp3) is 0.462. The smallest absolute Gasteiger partial charge is 0.346 e. The van der Waals surface area contributed by atoms with Crippen LogP contribution < -0.4 is 0 Å². The first-order valence-electron chi connectivity index (χ1n) is 6.25. The topological polar surface area (TPSA) is 63.1 Å². The number of aromatic nitrogens is 2. The molecule has 0 atom stereocenters. The van der Waals surface area contributed by atoms with E-state index < -0.39 is 5.97 Å². The van der Waals surface area contributed by atoms with Crippen molar-refractivity contribution in [3.63, 3.8) is 0 Å². The zero-order chi connectivity index (χ0) is 13.8. The van der Waals surface area contributed by atoms with Crippen molar-refractivity contribution in [2.75, 3.05) is 5.75 Å². The number of carbonyl (C=O) groups is 1. The summed E-state index contributed by atoms with van der Waals surface area (Å²) >= 11 is 2.92. The number of thiophene rings is 1. The highest BCUT2D eigenvalue weighted by molar-refractivity contribution is 7.99. The van der Waals surface area contributed by atoms with E-state index in [1.807, 2.05) is 6.92 Å². The van der Waals surface area contributed by atoms with Crippen molar-refractivity contribution in [1.29, 1.82) is 0 Å². The number of nitrogens with zero attached hydrogens (tertiary/aromatic N) is 2. The van der Waals surface area contributed by atoms with Gasteiger partial charge < -0.3 is 5.11 Å². The summed E-state index contributed by atoms with van der Waals surface area (Å²) in [5.74, 6) is 0.125. The average Bonchev–Trinajstić information content (AvgIpc) is 2.73. The van der Waals surface area contributed by atoms with Crippen LogP contribution in [0.3, 0.4) is 0 Å². The lowest BCUT2D eigenvalue weighted by Gasteiger charge is -2.02. The number of aromatic carboxylic acids is 1. The summed E-state index contributed by atoms with van der Waals surface area (Å²) in [4.78, 5) is 20.8. The first-order valence-corrected chi connectivity index (χ1v) is 8.05. The van der Waals surface area contributed by atoms with Crippen LogP contribution in [0.15, 0.2) is 11.4 Å². The molecule has 0 amide bonds. The van der Waals surface area contributed by atoms with Crippen LogP contribution in [0.1, 0.15) is 41.4 Å². The van der Waals surface area contributed by atoms with E-state index in [1.165, 1.54) is 30.5 Å². The highest BCUT2D eigenvalue weighted by Gasteiger charge is 2.18. The summed E-state index contributed by atoms with van der Waals surface area (Å²) in [5, 5.41) is 11.0. The van der Waals surface area contributed by atoms with E-state index >= 15 is 0 Å². The van der Waals surface area contributed by atoms with E-state index in [0.29, 0.717) is 4.88 Å². The minimum atomic E-state index is -0.887. The lowest BCUT2D eigenvalue weighted by atomic mass is 10.2. The van der Waals surface area contributed by atoms with E-state index in [2.05, 4.69) is 16.9 Å². The van der Waals surface area contributed by atoms with Crippen LogP contribution in [-0.4, -0.2) is 26.8 Å². The summed E-state index contributed by atoms with van der Waals surface area (Å²) in [6.45, 7) is 4.01. The van der Waals surface area contributed by atoms with Gasteiger partial charge in [0.15, 0.2) is 0 Å². The fourth-order valence-electron chi connectivity index (χ4n) is 1.87. The molecule has 102 valence electrons. The molecule has 1 N–H and O–H groups in total. The number of fused-ring (bicyclic) bond motifs is 1. The Balaban J connectivity index is 2.31. The molecule has 2 aromatic rings. The Morgan fingerprint density at radius 3 is 2.89 bits per heavy atom. The molecule has 0 unspecified atom stereocenters. The van der Waals surface area contributed by atoms with Crippen molar-refractivity contribution in [3.8, 4) is 0 Å². The van der Waals surface area contributed by atoms with E-state index in [0.717, 1.165) is 33.0 Å². The Hall–Kier alpha value is -1.14. The molecule has 2 heterocycles. The largest absolute Gasteiger partial charge is 0.477 e. The number of unbranched alkanes of at least 4 members (excludes halogenated alkanes) is 2. The highest BCUT2D eigenvalue weighted by atomic mass is 32.2. The van der Waals surface area contributed by atoms with Gasteiger partial charge in [-0.15, -0.1) is 23.1 Å². The number of aryl methyl sites for hydroxylation is 1. The quantitative estimate of drug-likeness (QED) is 0.496. The lowest BCUT2D eigenvalue weighted by molar-refractivity contribution is 0.0701. The summed E-state index contributed by atoms with van der Waals surface area (Å²) < 4.78 is 0.